The van der Waals surface area contributed by atoms with Crippen LogP contribution >= 0.6 is 23.2 Å². The molecule has 0 spiro atoms. The van der Waals surface area contributed by atoms with Gasteiger partial charge in [-0.15, -0.1) is 0 Å². The molecule has 0 heterocycles. The molecule has 4 rings (SSSR count). The number of carbonyl (C=O) groups is 1. The molecule has 0 aliphatic rings. The molecule has 4 nitrogen and oxygen atoms in total. The molecule has 0 saturated carbocycles. The number of esters is 1. The monoisotopic (exact) mass is 452 g/mol. The maximum Gasteiger partial charge on any atom is 0.351 e. The summed E-state index contributed by atoms with van der Waals surface area (Å²) < 4.78 is 16.8. The van der Waals surface area contributed by atoms with Crippen LogP contribution in [0.2, 0.25) is 10.0 Å². The van der Waals surface area contributed by atoms with Crippen LogP contribution in [-0.2, 0) is 9.53 Å². The molecule has 0 aliphatic heterocycles. The van der Waals surface area contributed by atoms with Gasteiger partial charge in [0.2, 0.25) is 6.10 Å². The molecule has 156 valence electrons. The van der Waals surface area contributed by atoms with E-state index >= 15 is 0 Å². The summed E-state index contributed by atoms with van der Waals surface area (Å²) in [6.07, 6.45) is -0.920. The maximum atomic E-state index is 12.3. The largest absolute Gasteiger partial charge is 0.474 e. The van der Waals surface area contributed by atoms with Crippen LogP contribution in [0.1, 0.15) is 11.7 Å². The Labute approximate surface area is 189 Å². The van der Waals surface area contributed by atoms with Gasteiger partial charge in [0.15, 0.2) is 0 Å². The van der Waals surface area contributed by atoms with E-state index in [1.165, 1.54) is 7.11 Å². The Bertz CT molecular complexity index is 1200. The van der Waals surface area contributed by atoms with Gasteiger partial charge >= 0.3 is 5.97 Å². The molecule has 1 unspecified atom stereocenters. The summed E-state index contributed by atoms with van der Waals surface area (Å²) in [6, 6.07) is 25.3. The first-order chi connectivity index (χ1) is 15.0. The Hall–Kier alpha value is -3.21. The van der Waals surface area contributed by atoms with E-state index in [1.807, 2.05) is 30.3 Å². The fraction of sp³-hybridized carbons (Fsp3) is 0.0800. The summed E-state index contributed by atoms with van der Waals surface area (Å²) in [5.41, 5.74) is 0.634. The number of halogens is 2. The van der Waals surface area contributed by atoms with Gasteiger partial charge in [-0.2, -0.15) is 0 Å². The third kappa shape index (κ3) is 4.76. The summed E-state index contributed by atoms with van der Waals surface area (Å²) in [5, 5.41) is 3.08. The standard InChI is InChI=1S/C25H18Cl2O4/c1-29-25(28)24(31-19-12-8-17(26)9-13-19)16-6-10-18(11-7-16)30-23-15-14-22(27)20-4-2-3-5-21(20)23/h2-15,24H,1H3. The van der Waals surface area contributed by atoms with Crippen LogP contribution in [0.25, 0.3) is 10.8 Å². The summed E-state index contributed by atoms with van der Waals surface area (Å²) >= 11 is 12.2. The Kier molecular flexibility index (Phi) is 6.31. The van der Waals surface area contributed by atoms with Crippen molar-refractivity contribution in [3.8, 4) is 17.2 Å². The van der Waals surface area contributed by atoms with E-state index in [0.29, 0.717) is 32.9 Å². The molecule has 0 saturated heterocycles. The molecule has 0 aliphatic carbocycles. The van der Waals surface area contributed by atoms with Gasteiger partial charge in [0.05, 0.1) is 7.11 Å². The van der Waals surface area contributed by atoms with Crippen molar-refractivity contribution in [2.24, 2.45) is 0 Å². The second-order valence-corrected chi connectivity index (χ2v) is 7.58. The Morgan fingerprint density at radius 3 is 2.10 bits per heavy atom. The zero-order chi connectivity index (χ0) is 21.8. The number of hydrogen-bond acceptors (Lipinski definition) is 4. The van der Waals surface area contributed by atoms with E-state index in [4.69, 9.17) is 37.4 Å². The minimum Gasteiger partial charge on any atom is -0.474 e. The smallest absolute Gasteiger partial charge is 0.351 e. The van der Waals surface area contributed by atoms with Crippen LogP contribution in [-0.4, -0.2) is 13.1 Å². The second kappa shape index (κ2) is 9.29. The van der Waals surface area contributed by atoms with Crippen LogP contribution in [0, 0.1) is 0 Å². The van der Waals surface area contributed by atoms with E-state index in [-0.39, 0.29) is 0 Å². The number of benzene rings is 4. The Morgan fingerprint density at radius 1 is 0.774 bits per heavy atom. The van der Waals surface area contributed by atoms with Crippen molar-refractivity contribution in [1.82, 2.24) is 0 Å². The fourth-order valence-corrected chi connectivity index (χ4v) is 3.52. The lowest BCUT2D eigenvalue weighted by molar-refractivity contribution is -0.149. The minimum atomic E-state index is -0.920. The third-order valence-electron chi connectivity index (χ3n) is 4.72. The van der Waals surface area contributed by atoms with Crippen molar-refractivity contribution in [3.63, 3.8) is 0 Å². The van der Waals surface area contributed by atoms with Crippen molar-refractivity contribution in [3.05, 3.63) is 101 Å². The lowest BCUT2D eigenvalue weighted by atomic mass is 10.1. The van der Waals surface area contributed by atoms with Crippen molar-refractivity contribution >= 4 is 39.9 Å². The lowest BCUT2D eigenvalue weighted by Crippen LogP contribution is -2.20. The highest BCUT2D eigenvalue weighted by Crippen LogP contribution is 2.34. The van der Waals surface area contributed by atoms with Crippen LogP contribution < -0.4 is 9.47 Å². The minimum absolute atomic E-state index is 0.507. The molecular formula is C25H18Cl2O4. The molecule has 6 heteroatoms. The second-order valence-electron chi connectivity index (χ2n) is 6.74. The van der Waals surface area contributed by atoms with Crippen molar-refractivity contribution in [1.29, 1.82) is 0 Å². The van der Waals surface area contributed by atoms with Gasteiger partial charge < -0.3 is 14.2 Å². The van der Waals surface area contributed by atoms with Crippen LogP contribution in [0.15, 0.2) is 84.9 Å². The summed E-state index contributed by atoms with van der Waals surface area (Å²) in [4.78, 5) is 12.3. The third-order valence-corrected chi connectivity index (χ3v) is 5.31. The molecule has 0 N–H and O–H groups in total. The predicted octanol–water partition coefficient (Wildman–Crippen LogP) is 7.23. The summed E-state index contributed by atoms with van der Waals surface area (Å²) in [7, 11) is 1.32. The fourth-order valence-electron chi connectivity index (χ4n) is 3.17. The molecule has 1 atom stereocenters. The number of carbonyl (C=O) groups excluding carboxylic acids is 1. The highest BCUT2D eigenvalue weighted by atomic mass is 35.5. The van der Waals surface area contributed by atoms with E-state index in [1.54, 1.807) is 54.6 Å². The zero-order valence-corrected chi connectivity index (χ0v) is 18.1. The number of methoxy groups -OCH3 is 1. The number of rotatable bonds is 6. The number of ether oxygens (including phenoxy) is 3. The highest BCUT2D eigenvalue weighted by molar-refractivity contribution is 6.35. The summed E-state index contributed by atoms with van der Waals surface area (Å²) in [5.74, 6) is 1.31. The highest BCUT2D eigenvalue weighted by Gasteiger charge is 2.24. The molecule has 4 aromatic carbocycles. The maximum absolute atomic E-state index is 12.3. The molecule has 31 heavy (non-hydrogen) atoms. The Morgan fingerprint density at radius 2 is 1.42 bits per heavy atom. The number of hydrogen-bond donors (Lipinski definition) is 0. The van der Waals surface area contributed by atoms with Crippen LogP contribution in [0.5, 0.6) is 17.2 Å². The van der Waals surface area contributed by atoms with Crippen LogP contribution in [0.3, 0.4) is 0 Å². The SMILES string of the molecule is COC(=O)C(Oc1ccc(Cl)cc1)c1ccc(Oc2ccc(Cl)c3ccccc23)cc1. The van der Waals surface area contributed by atoms with Crippen LogP contribution in [0.4, 0.5) is 0 Å². The molecule has 0 aromatic heterocycles. The van der Waals surface area contributed by atoms with Gasteiger partial charge in [0.25, 0.3) is 0 Å². The normalized spacial score (nSPS) is 11.7. The van der Waals surface area contributed by atoms with Gasteiger partial charge in [0, 0.05) is 26.4 Å². The van der Waals surface area contributed by atoms with Crippen molar-refractivity contribution in [2.75, 3.05) is 7.11 Å². The van der Waals surface area contributed by atoms with E-state index in [9.17, 15) is 4.79 Å². The van der Waals surface area contributed by atoms with Crippen molar-refractivity contribution in [2.45, 2.75) is 6.10 Å². The first-order valence-corrected chi connectivity index (χ1v) is 10.3. The Balaban J connectivity index is 1.58. The average molecular weight is 453 g/mol. The molecule has 0 bridgehead atoms. The van der Waals surface area contributed by atoms with E-state index in [0.717, 1.165) is 10.8 Å². The van der Waals surface area contributed by atoms with Gasteiger partial charge in [-0.05, 0) is 48.5 Å². The molecule has 0 amide bonds. The van der Waals surface area contributed by atoms with Gasteiger partial charge in [0.1, 0.15) is 17.2 Å². The molecule has 4 aromatic rings. The summed E-state index contributed by atoms with van der Waals surface area (Å²) in [6.45, 7) is 0. The quantitative estimate of drug-likeness (QED) is 0.289. The van der Waals surface area contributed by atoms with Gasteiger partial charge in [-0.3, -0.25) is 0 Å². The van der Waals surface area contributed by atoms with Gasteiger partial charge in [-0.1, -0.05) is 59.6 Å². The van der Waals surface area contributed by atoms with Crippen molar-refractivity contribution < 1.29 is 19.0 Å². The zero-order valence-electron chi connectivity index (χ0n) is 16.5. The molecule has 0 radical (unpaired) electrons. The van der Waals surface area contributed by atoms with Gasteiger partial charge in [-0.25, -0.2) is 4.79 Å². The average Bonchev–Trinajstić information content (AvgIpc) is 2.81. The topological polar surface area (TPSA) is 44.8 Å². The van der Waals surface area contributed by atoms with E-state index in [2.05, 4.69) is 0 Å². The van der Waals surface area contributed by atoms with E-state index < -0.39 is 12.1 Å². The first kappa shape index (κ1) is 21.0. The number of fused-ring (bicyclic) bond motifs is 1. The molecule has 0 fully saturated rings. The molecular weight excluding hydrogens is 435 g/mol. The lowest BCUT2D eigenvalue weighted by Gasteiger charge is -2.18. The predicted molar refractivity (Wildman–Crippen MR) is 122 cm³/mol. The first-order valence-electron chi connectivity index (χ1n) is 9.50.